The van der Waals surface area contributed by atoms with Crippen molar-refractivity contribution in [3.8, 4) is 0 Å². The van der Waals surface area contributed by atoms with Crippen molar-refractivity contribution in [2.75, 3.05) is 6.54 Å². The fraction of sp³-hybridized carbons (Fsp3) is 0.933. The Hall–Kier alpha value is -0.570. The highest BCUT2D eigenvalue weighted by molar-refractivity contribution is 5.72. The molecule has 3 heteroatoms. The van der Waals surface area contributed by atoms with E-state index in [2.05, 4.69) is 26.1 Å². The third-order valence-corrected chi connectivity index (χ3v) is 5.64. The van der Waals surface area contributed by atoms with Crippen molar-refractivity contribution in [2.45, 2.75) is 66.0 Å². The maximum atomic E-state index is 11.8. The standard InChI is InChI=1S/C15H27NO2/c1-10(2)16-9-13(17)18-12-8-11-6-7-15(12,5)14(11,3)4/h10-12,16H,6-9H2,1-5H3. The van der Waals surface area contributed by atoms with E-state index in [1.54, 1.807) is 0 Å². The lowest BCUT2D eigenvalue weighted by Gasteiger charge is -2.38. The second-order valence-corrected chi connectivity index (χ2v) is 7.12. The zero-order chi connectivity index (χ0) is 13.6. The summed E-state index contributed by atoms with van der Waals surface area (Å²) in [7, 11) is 0. The van der Waals surface area contributed by atoms with Gasteiger partial charge in [-0.05, 0) is 30.6 Å². The van der Waals surface area contributed by atoms with Gasteiger partial charge in [0.25, 0.3) is 0 Å². The molecule has 2 rings (SSSR count). The molecule has 2 bridgehead atoms. The van der Waals surface area contributed by atoms with E-state index in [4.69, 9.17) is 4.74 Å². The summed E-state index contributed by atoms with van der Waals surface area (Å²) in [6, 6.07) is 0.324. The number of ether oxygens (including phenoxy) is 1. The van der Waals surface area contributed by atoms with E-state index in [0.717, 1.165) is 12.3 Å². The smallest absolute Gasteiger partial charge is 0.320 e. The molecule has 2 saturated carbocycles. The van der Waals surface area contributed by atoms with Gasteiger partial charge in [0.2, 0.25) is 0 Å². The molecule has 0 heterocycles. The van der Waals surface area contributed by atoms with Crippen molar-refractivity contribution in [3.63, 3.8) is 0 Å². The average molecular weight is 253 g/mol. The molecule has 3 unspecified atom stereocenters. The van der Waals surface area contributed by atoms with Gasteiger partial charge < -0.3 is 10.1 Å². The predicted molar refractivity (Wildman–Crippen MR) is 72.2 cm³/mol. The van der Waals surface area contributed by atoms with Gasteiger partial charge in [0.15, 0.2) is 0 Å². The number of fused-ring (bicyclic) bond motifs is 2. The first-order valence-electron chi connectivity index (χ1n) is 7.20. The van der Waals surface area contributed by atoms with Gasteiger partial charge in [-0.2, -0.15) is 0 Å². The Kier molecular flexibility index (Phi) is 3.48. The van der Waals surface area contributed by atoms with Gasteiger partial charge in [-0.25, -0.2) is 0 Å². The molecule has 0 saturated heterocycles. The summed E-state index contributed by atoms with van der Waals surface area (Å²) in [5.41, 5.74) is 0.481. The van der Waals surface area contributed by atoms with Crippen LogP contribution >= 0.6 is 0 Å². The van der Waals surface area contributed by atoms with Crippen molar-refractivity contribution < 1.29 is 9.53 Å². The molecule has 0 spiro atoms. The van der Waals surface area contributed by atoms with Crippen LogP contribution in [0.15, 0.2) is 0 Å². The van der Waals surface area contributed by atoms with Gasteiger partial charge in [0.05, 0.1) is 6.54 Å². The van der Waals surface area contributed by atoms with E-state index in [1.165, 1.54) is 12.8 Å². The molecule has 3 nitrogen and oxygen atoms in total. The van der Waals surface area contributed by atoms with Crippen LogP contribution < -0.4 is 5.32 Å². The maximum absolute atomic E-state index is 11.8. The zero-order valence-electron chi connectivity index (χ0n) is 12.4. The van der Waals surface area contributed by atoms with E-state index in [9.17, 15) is 4.79 Å². The first-order chi connectivity index (χ1) is 8.27. The summed E-state index contributed by atoms with van der Waals surface area (Å²) in [6.07, 6.45) is 3.66. The van der Waals surface area contributed by atoms with Gasteiger partial charge in [-0.1, -0.05) is 34.6 Å². The third-order valence-electron chi connectivity index (χ3n) is 5.64. The minimum Gasteiger partial charge on any atom is -0.461 e. The van der Waals surface area contributed by atoms with Crippen LogP contribution in [0, 0.1) is 16.7 Å². The van der Waals surface area contributed by atoms with Crippen molar-refractivity contribution in [1.82, 2.24) is 5.32 Å². The van der Waals surface area contributed by atoms with Crippen LogP contribution in [0.2, 0.25) is 0 Å². The van der Waals surface area contributed by atoms with Crippen LogP contribution in [-0.2, 0) is 9.53 Å². The van der Waals surface area contributed by atoms with Gasteiger partial charge in [-0.3, -0.25) is 4.79 Å². The van der Waals surface area contributed by atoms with Crippen LogP contribution in [0.4, 0.5) is 0 Å². The number of hydrogen-bond donors (Lipinski definition) is 1. The molecule has 2 aliphatic carbocycles. The van der Waals surface area contributed by atoms with Gasteiger partial charge >= 0.3 is 5.97 Å². The summed E-state index contributed by atoms with van der Waals surface area (Å²) >= 11 is 0. The van der Waals surface area contributed by atoms with Crippen molar-refractivity contribution in [1.29, 1.82) is 0 Å². The number of nitrogens with one attached hydrogen (secondary N) is 1. The molecule has 0 aromatic heterocycles. The highest BCUT2D eigenvalue weighted by Crippen LogP contribution is 2.66. The molecule has 0 aliphatic heterocycles. The number of hydrogen-bond acceptors (Lipinski definition) is 3. The SMILES string of the molecule is CC(C)NCC(=O)OC1CC2CCC1(C)C2(C)C. The van der Waals surface area contributed by atoms with E-state index < -0.39 is 0 Å². The number of carbonyl (C=O) groups excluding carboxylic acids is 1. The molecule has 0 radical (unpaired) electrons. The van der Waals surface area contributed by atoms with Crippen molar-refractivity contribution in [2.24, 2.45) is 16.7 Å². The third kappa shape index (κ3) is 2.07. The number of esters is 1. The van der Waals surface area contributed by atoms with Crippen LogP contribution in [0.5, 0.6) is 0 Å². The lowest BCUT2D eigenvalue weighted by atomic mass is 9.70. The quantitative estimate of drug-likeness (QED) is 0.783. The second-order valence-electron chi connectivity index (χ2n) is 7.12. The van der Waals surface area contributed by atoms with Gasteiger partial charge in [0, 0.05) is 11.5 Å². The summed E-state index contributed by atoms with van der Waals surface area (Å²) in [4.78, 5) is 11.8. The molecule has 0 aromatic carbocycles. The molecule has 2 aliphatic rings. The van der Waals surface area contributed by atoms with Gasteiger partial charge in [0.1, 0.15) is 6.10 Å². The molecule has 0 aromatic rings. The molecular weight excluding hydrogens is 226 g/mol. The lowest BCUT2D eigenvalue weighted by molar-refractivity contribution is -0.155. The first kappa shape index (κ1) is 13.9. The summed E-state index contributed by atoms with van der Waals surface area (Å²) in [6.45, 7) is 11.4. The molecular formula is C15H27NO2. The fourth-order valence-electron chi connectivity index (χ4n) is 3.80. The van der Waals surface area contributed by atoms with E-state index in [1.807, 2.05) is 13.8 Å². The normalized spacial score (nSPS) is 37.2. The summed E-state index contributed by atoms with van der Waals surface area (Å²) in [5.74, 6) is 0.622. The van der Waals surface area contributed by atoms with E-state index >= 15 is 0 Å². The highest BCUT2D eigenvalue weighted by atomic mass is 16.5. The second kappa shape index (κ2) is 4.52. The minimum atomic E-state index is -0.0988. The topological polar surface area (TPSA) is 38.3 Å². The molecule has 1 N–H and O–H groups in total. The first-order valence-corrected chi connectivity index (χ1v) is 7.20. The van der Waals surface area contributed by atoms with E-state index in [-0.39, 0.29) is 17.5 Å². The molecule has 104 valence electrons. The predicted octanol–water partition coefficient (Wildman–Crippen LogP) is 2.74. The monoisotopic (exact) mass is 253 g/mol. The van der Waals surface area contributed by atoms with Crippen LogP contribution in [0.1, 0.15) is 53.9 Å². The van der Waals surface area contributed by atoms with Gasteiger partial charge in [-0.15, -0.1) is 0 Å². The summed E-state index contributed by atoms with van der Waals surface area (Å²) in [5, 5.41) is 3.12. The van der Waals surface area contributed by atoms with Crippen molar-refractivity contribution >= 4 is 5.97 Å². The van der Waals surface area contributed by atoms with Crippen LogP contribution in [0.25, 0.3) is 0 Å². The van der Waals surface area contributed by atoms with Crippen LogP contribution in [0.3, 0.4) is 0 Å². The van der Waals surface area contributed by atoms with Crippen molar-refractivity contribution in [3.05, 3.63) is 0 Å². The zero-order valence-corrected chi connectivity index (χ0v) is 12.4. The summed E-state index contributed by atoms with van der Waals surface area (Å²) < 4.78 is 5.73. The Morgan fingerprint density at radius 2 is 2.06 bits per heavy atom. The number of carbonyl (C=O) groups is 1. The Balaban J connectivity index is 1.94. The Bertz CT molecular complexity index is 337. The minimum absolute atomic E-state index is 0.0988. The Morgan fingerprint density at radius 3 is 2.50 bits per heavy atom. The molecule has 0 amide bonds. The molecule has 18 heavy (non-hydrogen) atoms. The number of rotatable bonds is 4. The Morgan fingerprint density at radius 1 is 1.39 bits per heavy atom. The highest BCUT2D eigenvalue weighted by Gasteiger charge is 2.62. The largest absolute Gasteiger partial charge is 0.461 e. The van der Waals surface area contributed by atoms with Crippen LogP contribution in [-0.4, -0.2) is 24.7 Å². The lowest BCUT2D eigenvalue weighted by Crippen LogP contribution is -2.40. The molecule has 2 fully saturated rings. The fourth-order valence-corrected chi connectivity index (χ4v) is 3.80. The molecule has 3 atom stereocenters. The Labute approximate surface area is 111 Å². The van der Waals surface area contributed by atoms with E-state index in [0.29, 0.717) is 18.0 Å². The average Bonchev–Trinajstić information content (AvgIpc) is 2.59. The maximum Gasteiger partial charge on any atom is 0.320 e.